The Bertz CT molecular complexity index is 1220. The van der Waals surface area contributed by atoms with Crippen molar-refractivity contribution < 1.29 is 17.9 Å². The molecule has 6 nitrogen and oxygen atoms in total. The van der Waals surface area contributed by atoms with Crippen LogP contribution in [0.3, 0.4) is 0 Å². The molecule has 1 amide bonds. The van der Waals surface area contributed by atoms with E-state index in [9.17, 15) is 13.2 Å². The third-order valence-electron chi connectivity index (χ3n) is 5.73. The van der Waals surface area contributed by atoms with Gasteiger partial charge in [-0.3, -0.25) is 9.10 Å². The number of rotatable bonds is 8. The first-order chi connectivity index (χ1) is 15.6. The summed E-state index contributed by atoms with van der Waals surface area (Å²) in [6.45, 7) is 7.20. The van der Waals surface area contributed by atoms with Gasteiger partial charge in [0.05, 0.1) is 23.7 Å². The van der Waals surface area contributed by atoms with Gasteiger partial charge in [-0.25, -0.2) is 8.42 Å². The topological polar surface area (TPSA) is 75.7 Å². The second-order valence-electron chi connectivity index (χ2n) is 8.11. The number of methoxy groups -OCH3 is 1. The Morgan fingerprint density at radius 1 is 0.970 bits per heavy atom. The van der Waals surface area contributed by atoms with Crippen molar-refractivity contribution in [2.75, 3.05) is 18.0 Å². The average molecular weight is 467 g/mol. The number of aryl methyl sites for hydroxylation is 2. The van der Waals surface area contributed by atoms with Crippen LogP contribution in [0.2, 0.25) is 0 Å². The monoisotopic (exact) mass is 466 g/mol. The third kappa shape index (κ3) is 5.54. The number of nitrogens with one attached hydrogen (secondary N) is 1. The quantitative estimate of drug-likeness (QED) is 0.522. The van der Waals surface area contributed by atoms with E-state index in [0.717, 1.165) is 28.0 Å². The third-order valence-corrected chi connectivity index (χ3v) is 7.51. The van der Waals surface area contributed by atoms with Crippen molar-refractivity contribution in [3.05, 3.63) is 89.0 Å². The van der Waals surface area contributed by atoms with Crippen LogP contribution >= 0.6 is 0 Å². The molecule has 0 radical (unpaired) electrons. The van der Waals surface area contributed by atoms with Crippen LogP contribution in [0, 0.1) is 20.8 Å². The zero-order valence-corrected chi connectivity index (χ0v) is 20.4. The minimum Gasteiger partial charge on any atom is -0.497 e. The fraction of sp³-hybridized carbons (Fsp3) is 0.269. The van der Waals surface area contributed by atoms with Crippen LogP contribution in [0.1, 0.15) is 35.2 Å². The largest absolute Gasteiger partial charge is 0.497 e. The van der Waals surface area contributed by atoms with Crippen molar-refractivity contribution in [1.82, 2.24) is 5.32 Å². The fourth-order valence-electron chi connectivity index (χ4n) is 3.54. The maximum Gasteiger partial charge on any atom is 0.264 e. The summed E-state index contributed by atoms with van der Waals surface area (Å²) in [5.74, 6) is 0.331. The van der Waals surface area contributed by atoms with Crippen molar-refractivity contribution in [1.29, 1.82) is 0 Å². The molecular weight excluding hydrogens is 436 g/mol. The summed E-state index contributed by atoms with van der Waals surface area (Å²) < 4.78 is 33.6. The highest BCUT2D eigenvalue weighted by Crippen LogP contribution is 2.29. The first kappa shape index (κ1) is 24.3. The predicted octanol–water partition coefficient (Wildman–Crippen LogP) is 4.69. The summed E-state index contributed by atoms with van der Waals surface area (Å²) in [4.78, 5) is 13.2. The zero-order valence-electron chi connectivity index (χ0n) is 19.6. The average Bonchev–Trinajstić information content (AvgIpc) is 2.79. The van der Waals surface area contributed by atoms with Gasteiger partial charge in [-0.1, -0.05) is 42.0 Å². The van der Waals surface area contributed by atoms with E-state index in [1.54, 1.807) is 43.5 Å². The SMILES string of the molecule is COc1ccc([C@H](C)NC(=O)CN(c2cccc(C)c2C)S(=O)(=O)c2ccc(C)cc2)cc1. The molecule has 0 aliphatic carbocycles. The molecule has 0 aromatic heterocycles. The van der Waals surface area contributed by atoms with Crippen molar-refractivity contribution in [3.8, 4) is 5.75 Å². The molecule has 0 fully saturated rings. The molecule has 0 saturated heterocycles. The lowest BCUT2D eigenvalue weighted by atomic mass is 10.1. The molecule has 3 aromatic carbocycles. The van der Waals surface area contributed by atoms with Gasteiger partial charge in [-0.15, -0.1) is 0 Å². The number of benzene rings is 3. The summed E-state index contributed by atoms with van der Waals surface area (Å²) >= 11 is 0. The van der Waals surface area contributed by atoms with E-state index in [-0.39, 0.29) is 17.5 Å². The number of carbonyl (C=O) groups is 1. The van der Waals surface area contributed by atoms with Crippen LogP contribution in [0.15, 0.2) is 71.6 Å². The Labute approximate surface area is 196 Å². The zero-order chi connectivity index (χ0) is 24.2. The predicted molar refractivity (Wildman–Crippen MR) is 131 cm³/mol. The molecule has 0 aliphatic heterocycles. The van der Waals surface area contributed by atoms with Crippen LogP contribution in [-0.2, 0) is 14.8 Å². The van der Waals surface area contributed by atoms with Gasteiger partial charge in [-0.05, 0) is 74.7 Å². The lowest BCUT2D eigenvalue weighted by molar-refractivity contribution is -0.120. The van der Waals surface area contributed by atoms with Gasteiger partial charge in [0.2, 0.25) is 5.91 Å². The number of carbonyl (C=O) groups excluding carboxylic acids is 1. The molecule has 33 heavy (non-hydrogen) atoms. The van der Waals surface area contributed by atoms with Crippen molar-refractivity contribution in [2.45, 2.75) is 38.6 Å². The number of sulfonamides is 1. The molecule has 1 atom stereocenters. The van der Waals surface area contributed by atoms with Gasteiger partial charge in [0.25, 0.3) is 10.0 Å². The van der Waals surface area contributed by atoms with Crippen LogP contribution in [0.4, 0.5) is 5.69 Å². The minimum absolute atomic E-state index is 0.144. The molecule has 174 valence electrons. The standard InChI is InChI=1S/C26H30N2O4S/c1-18-9-15-24(16-10-18)33(30,31)28(25-8-6-7-19(2)20(25)3)17-26(29)27-21(4)22-11-13-23(32-5)14-12-22/h6-16,21H,17H2,1-5H3,(H,27,29)/t21-/m0/s1. The Morgan fingerprint density at radius 2 is 1.61 bits per heavy atom. The molecule has 0 bridgehead atoms. The fourth-order valence-corrected chi connectivity index (χ4v) is 5.01. The molecule has 0 saturated carbocycles. The highest BCUT2D eigenvalue weighted by Gasteiger charge is 2.29. The highest BCUT2D eigenvalue weighted by molar-refractivity contribution is 7.92. The van der Waals surface area contributed by atoms with Gasteiger partial charge < -0.3 is 10.1 Å². The summed E-state index contributed by atoms with van der Waals surface area (Å²) in [5, 5.41) is 2.91. The van der Waals surface area contributed by atoms with Crippen LogP contribution < -0.4 is 14.4 Å². The molecule has 3 rings (SSSR count). The molecule has 0 unspecified atom stereocenters. The van der Waals surface area contributed by atoms with Crippen molar-refractivity contribution in [2.24, 2.45) is 0 Å². The summed E-state index contributed by atoms with van der Waals surface area (Å²) in [6.07, 6.45) is 0. The van der Waals surface area contributed by atoms with E-state index in [2.05, 4.69) is 5.32 Å². The Hall–Kier alpha value is -3.32. The van der Waals surface area contributed by atoms with Gasteiger partial charge >= 0.3 is 0 Å². The summed E-state index contributed by atoms with van der Waals surface area (Å²) in [7, 11) is -2.36. The lowest BCUT2D eigenvalue weighted by Crippen LogP contribution is -2.42. The Balaban J connectivity index is 1.91. The van der Waals surface area contributed by atoms with Crippen molar-refractivity contribution in [3.63, 3.8) is 0 Å². The molecule has 0 spiro atoms. The molecule has 7 heteroatoms. The van der Waals surface area contributed by atoms with Gasteiger partial charge in [0, 0.05) is 0 Å². The second kappa shape index (κ2) is 10.1. The highest BCUT2D eigenvalue weighted by atomic mass is 32.2. The smallest absolute Gasteiger partial charge is 0.264 e. The summed E-state index contributed by atoms with van der Waals surface area (Å²) in [5.41, 5.74) is 4.10. The second-order valence-corrected chi connectivity index (χ2v) is 9.97. The maximum absolute atomic E-state index is 13.6. The first-order valence-electron chi connectivity index (χ1n) is 10.7. The Morgan fingerprint density at radius 3 is 2.21 bits per heavy atom. The number of anilines is 1. The van der Waals surface area contributed by atoms with Crippen LogP contribution in [-0.4, -0.2) is 28.0 Å². The lowest BCUT2D eigenvalue weighted by Gasteiger charge is -2.27. The van der Waals surface area contributed by atoms with E-state index >= 15 is 0 Å². The number of ether oxygens (including phenoxy) is 1. The summed E-state index contributed by atoms with van der Waals surface area (Å²) in [6, 6.07) is 19.2. The van der Waals surface area contributed by atoms with E-state index in [4.69, 9.17) is 4.74 Å². The van der Waals surface area contributed by atoms with Crippen LogP contribution in [0.5, 0.6) is 5.75 Å². The van der Waals surface area contributed by atoms with Crippen molar-refractivity contribution >= 4 is 21.6 Å². The van der Waals surface area contributed by atoms with E-state index in [1.165, 1.54) is 4.31 Å². The number of hydrogen-bond donors (Lipinski definition) is 1. The van der Waals surface area contributed by atoms with E-state index < -0.39 is 15.9 Å². The molecular formula is C26H30N2O4S. The number of amides is 1. The van der Waals surface area contributed by atoms with Gasteiger partial charge in [-0.2, -0.15) is 0 Å². The Kier molecular flexibility index (Phi) is 7.43. The van der Waals surface area contributed by atoms with Gasteiger partial charge in [0.1, 0.15) is 12.3 Å². The van der Waals surface area contributed by atoms with E-state index in [1.807, 2.05) is 58.0 Å². The normalized spacial score (nSPS) is 12.2. The number of hydrogen-bond acceptors (Lipinski definition) is 4. The molecule has 1 N–H and O–H groups in total. The molecule has 0 aliphatic rings. The molecule has 0 heterocycles. The first-order valence-corrected chi connectivity index (χ1v) is 12.2. The minimum atomic E-state index is -3.96. The van der Waals surface area contributed by atoms with Gasteiger partial charge in [0.15, 0.2) is 0 Å². The van der Waals surface area contributed by atoms with Crippen LogP contribution in [0.25, 0.3) is 0 Å². The molecule has 3 aromatic rings. The van der Waals surface area contributed by atoms with E-state index in [0.29, 0.717) is 5.69 Å². The number of nitrogens with zero attached hydrogens (tertiary/aromatic N) is 1. The maximum atomic E-state index is 13.6.